The average molecular weight is 194 g/mol. The molecule has 2 N–H and O–H groups in total. The van der Waals surface area contributed by atoms with Crippen LogP contribution in [-0.4, -0.2) is 25.7 Å². The molecular weight excluding hydrogens is 172 g/mol. The molecule has 1 saturated heterocycles. The lowest BCUT2D eigenvalue weighted by atomic mass is 9.89. The standard InChI is InChI=1S/C12H22N2/c1-2-9-6-12(9)10(3-1)7-14-11-4-5-13-8-11/h9-14H,1-8H2/t9?,10?,11-,12?/m0/s1. The molecule has 2 aliphatic carbocycles. The second-order valence-electron chi connectivity index (χ2n) is 5.45. The first kappa shape index (κ1) is 9.17. The summed E-state index contributed by atoms with van der Waals surface area (Å²) < 4.78 is 0. The van der Waals surface area contributed by atoms with E-state index in [1.54, 1.807) is 6.42 Å². The third kappa shape index (κ3) is 1.82. The molecule has 0 radical (unpaired) electrons. The van der Waals surface area contributed by atoms with Crippen LogP contribution in [0.3, 0.4) is 0 Å². The van der Waals surface area contributed by atoms with Crippen molar-refractivity contribution in [2.45, 2.75) is 38.1 Å². The van der Waals surface area contributed by atoms with Crippen molar-refractivity contribution in [1.82, 2.24) is 10.6 Å². The molecule has 0 aromatic carbocycles. The Kier molecular flexibility index (Phi) is 2.50. The van der Waals surface area contributed by atoms with E-state index in [9.17, 15) is 0 Å². The van der Waals surface area contributed by atoms with Crippen LogP contribution in [-0.2, 0) is 0 Å². The van der Waals surface area contributed by atoms with E-state index >= 15 is 0 Å². The Morgan fingerprint density at radius 2 is 2.21 bits per heavy atom. The van der Waals surface area contributed by atoms with E-state index in [1.165, 1.54) is 45.3 Å². The predicted octanol–water partition coefficient (Wildman–Crippen LogP) is 1.37. The Morgan fingerprint density at radius 3 is 3.07 bits per heavy atom. The highest BCUT2D eigenvalue weighted by molar-refractivity contribution is 4.95. The zero-order valence-corrected chi connectivity index (χ0v) is 8.97. The van der Waals surface area contributed by atoms with Gasteiger partial charge in [-0.1, -0.05) is 12.8 Å². The highest BCUT2D eigenvalue weighted by Crippen LogP contribution is 2.52. The van der Waals surface area contributed by atoms with Crippen molar-refractivity contribution >= 4 is 0 Å². The lowest BCUT2D eigenvalue weighted by Gasteiger charge is -2.23. The van der Waals surface area contributed by atoms with Crippen LogP contribution >= 0.6 is 0 Å². The maximum atomic E-state index is 3.75. The highest BCUT2D eigenvalue weighted by atomic mass is 15.0. The molecule has 80 valence electrons. The Bertz CT molecular complexity index is 198. The molecule has 3 aliphatic rings. The van der Waals surface area contributed by atoms with Crippen LogP contribution in [0.15, 0.2) is 0 Å². The normalized spacial score (nSPS) is 46.3. The minimum absolute atomic E-state index is 0.772. The number of fused-ring (bicyclic) bond motifs is 1. The first-order chi connectivity index (χ1) is 6.93. The quantitative estimate of drug-likeness (QED) is 0.709. The fraction of sp³-hybridized carbons (Fsp3) is 1.00. The maximum Gasteiger partial charge on any atom is 0.0204 e. The Morgan fingerprint density at radius 1 is 1.21 bits per heavy atom. The van der Waals surface area contributed by atoms with Gasteiger partial charge in [0.2, 0.25) is 0 Å². The summed E-state index contributed by atoms with van der Waals surface area (Å²) in [7, 11) is 0. The molecule has 1 heterocycles. The molecular formula is C12H22N2. The van der Waals surface area contributed by atoms with Crippen LogP contribution < -0.4 is 10.6 Å². The summed E-state index contributed by atoms with van der Waals surface area (Å²) in [6, 6.07) is 0.772. The molecule has 2 saturated carbocycles. The zero-order chi connectivity index (χ0) is 9.38. The lowest BCUT2D eigenvalue weighted by molar-refractivity contribution is 0.310. The van der Waals surface area contributed by atoms with Crippen molar-refractivity contribution in [3.63, 3.8) is 0 Å². The van der Waals surface area contributed by atoms with Gasteiger partial charge in [-0.25, -0.2) is 0 Å². The smallest absolute Gasteiger partial charge is 0.0204 e. The molecule has 3 fully saturated rings. The van der Waals surface area contributed by atoms with Crippen LogP contribution in [0.4, 0.5) is 0 Å². The fourth-order valence-corrected chi connectivity index (χ4v) is 3.44. The summed E-state index contributed by atoms with van der Waals surface area (Å²) in [5.41, 5.74) is 0. The molecule has 0 aromatic heterocycles. The number of nitrogens with one attached hydrogen (secondary N) is 2. The molecule has 0 amide bonds. The maximum absolute atomic E-state index is 3.75. The fourth-order valence-electron chi connectivity index (χ4n) is 3.44. The van der Waals surface area contributed by atoms with Crippen molar-refractivity contribution in [3.8, 4) is 0 Å². The third-order valence-corrected chi connectivity index (χ3v) is 4.46. The van der Waals surface area contributed by atoms with E-state index < -0.39 is 0 Å². The van der Waals surface area contributed by atoms with E-state index in [0.717, 1.165) is 23.8 Å². The van der Waals surface area contributed by atoms with Crippen LogP contribution in [0.5, 0.6) is 0 Å². The minimum Gasteiger partial charge on any atom is -0.315 e. The Labute approximate surface area is 86.8 Å². The second-order valence-corrected chi connectivity index (χ2v) is 5.45. The first-order valence-electron chi connectivity index (χ1n) is 6.37. The van der Waals surface area contributed by atoms with Crippen LogP contribution in [0.1, 0.15) is 32.1 Å². The van der Waals surface area contributed by atoms with E-state index in [4.69, 9.17) is 0 Å². The van der Waals surface area contributed by atoms with Crippen molar-refractivity contribution in [2.75, 3.05) is 19.6 Å². The number of hydrogen-bond acceptors (Lipinski definition) is 2. The van der Waals surface area contributed by atoms with Crippen molar-refractivity contribution in [1.29, 1.82) is 0 Å². The average Bonchev–Trinajstić information content (AvgIpc) is 2.83. The van der Waals surface area contributed by atoms with Gasteiger partial charge in [0.25, 0.3) is 0 Å². The van der Waals surface area contributed by atoms with E-state index in [1.807, 2.05) is 0 Å². The van der Waals surface area contributed by atoms with Gasteiger partial charge >= 0.3 is 0 Å². The largest absolute Gasteiger partial charge is 0.315 e. The zero-order valence-electron chi connectivity index (χ0n) is 8.97. The molecule has 0 aromatic rings. The van der Waals surface area contributed by atoms with Crippen molar-refractivity contribution in [2.24, 2.45) is 17.8 Å². The summed E-state index contributed by atoms with van der Waals surface area (Å²) in [6.07, 6.45) is 7.41. The van der Waals surface area contributed by atoms with Gasteiger partial charge in [-0.2, -0.15) is 0 Å². The SMILES string of the molecule is C1CC(CN[C@H]2CCNC2)C2CC2C1. The predicted molar refractivity (Wildman–Crippen MR) is 58.2 cm³/mol. The molecule has 2 heteroatoms. The van der Waals surface area contributed by atoms with Gasteiger partial charge in [-0.05, 0) is 50.1 Å². The number of hydrogen-bond donors (Lipinski definition) is 2. The van der Waals surface area contributed by atoms with Gasteiger partial charge < -0.3 is 10.6 Å². The van der Waals surface area contributed by atoms with Gasteiger partial charge in [-0.15, -0.1) is 0 Å². The Hall–Kier alpha value is -0.0800. The van der Waals surface area contributed by atoms with E-state index in [0.29, 0.717) is 0 Å². The van der Waals surface area contributed by atoms with E-state index in [2.05, 4.69) is 10.6 Å². The molecule has 14 heavy (non-hydrogen) atoms. The van der Waals surface area contributed by atoms with Gasteiger partial charge in [0.1, 0.15) is 0 Å². The molecule has 2 nitrogen and oxygen atoms in total. The van der Waals surface area contributed by atoms with Crippen LogP contribution in [0.2, 0.25) is 0 Å². The Balaban J connectivity index is 1.43. The summed E-state index contributed by atoms with van der Waals surface area (Å²) >= 11 is 0. The summed E-state index contributed by atoms with van der Waals surface area (Å²) in [5, 5.41) is 7.17. The molecule has 0 spiro atoms. The van der Waals surface area contributed by atoms with E-state index in [-0.39, 0.29) is 0 Å². The second kappa shape index (κ2) is 3.82. The van der Waals surface area contributed by atoms with Crippen LogP contribution in [0.25, 0.3) is 0 Å². The topological polar surface area (TPSA) is 24.1 Å². The summed E-state index contributed by atoms with van der Waals surface area (Å²) in [5.74, 6) is 3.28. The van der Waals surface area contributed by atoms with Crippen molar-refractivity contribution in [3.05, 3.63) is 0 Å². The van der Waals surface area contributed by atoms with Crippen LogP contribution in [0, 0.1) is 17.8 Å². The summed E-state index contributed by atoms with van der Waals surface area (Å²) in [4.78, 5) is 0. The third-order valence-electron chi connectivity index (χ3n) is 4.46. The molecule has 0 bridgehead atoms. The lowest BCUT2D eigenvalue weighted by Crippen LogP contribution is -2.36. The molecule has 3 rings (SSSR count). The summed E-state index contributed by atoms with van der Waals surface area (Å²) in [6.45, 7) is 3.71. The first-order valence-corrected chi connectivity index (χ1v) is 6.37. The van der Waals surface area contributed by atoms with Gasteiger partial charge in [0.15, 0.2) is 0 Å². The van der Waals surface area contributed by atoms with Crippen molar-refractivity contribution < 1.29 is 0 Å². The molecule has 1 aliphatic heterocycles. The number of rotatable bonds is 3. The monoisotopic (exact) mass is 194 g/mol. The van der Waals surface area contributed by atoms with Gasteiger partial charge in [-0.3, -0.25) is 0 Å². The van der Waals surface area contributed by atoms with Gasteiger partial charge in [0, 0.05) is 12.6 Å². The minimum atomic E-state index is 0.772. The molecule has 4 atom stereocenters. The molecule has 3 unspecified atom stereocenters. The van der Waals surface area contributed by atoms with Gasteiger partial charge in [0.05, 0.1) is 0 Å². The highest BCUT2D eigenvalue weighted by Gasteiger charge is 2.44.